The normalized spacial score (nSPS) is 9.47. The minimum atomic E-state index is -0.366. The van der Waals surface area contributed by atoms with Gasteiger partial charge in [0.1, 0.15) is 0 Å². The number of carbonyl (C=O) groups is 1. The van der Waals surface area contributed by atoms with Gasteiger partial charge in [0.25, 0.3) is 0 Å². The van der Waals surface area contributed by atoms with Gasteiger partial charge in [-0.05, 0) is 44.0 Å². The second-order valence-corrected chi connectivity index (χ2v) is 3.30. The molecule has 0 aliphatic rings. The fourth-order valence-corrected chi connectivity index (χ4v) is 1.34. The molecular weight excluding hydrogens is 190 g/mol. The van der Waals surface area contributed by atoms with E-state index >= 15 is 0 Å². The maximum absolute atomic E-state index is 11.6. The van der Waals surface area contributed by atoms with Crippen molar-refractivity contribution in [1.29, 1.82) is 5.26 Å². The van der Waals surface area contributed by atoms with Crippen LogP contribution in [-0.2, 0) is 4.74 Å². The predicted molar refractivity (Wildman–Crippen MR) is 56.6 cm³/mol. The van der Waals surface area contributed by atoms with Crippen LogP contribution >= 0.6 is 0 Å². The Kier molecular flexibility index (Phi) is 3.46. The molecule has 1 aromatic rings. The number of nitrogens with zero attached hydrogens (tertiary/aromatic N) is 1. The first-order valence-corrected chi connectivity index (χ1v) is 4.78. The third-order valence-electron chi connectivity index (χ3n) is 2.29. The van der Waals surface area contributed by atoms with E-state index in [2.05, 4.69) is 0 Å². The van der Waals surface area contributed by atoms with Crippen molar-refractivity contribution >= 4 is 5.97 Å². The summed E-state index contributed by atoms with van der Waals surface area (Å²) in [4.78, 5) is 11.6. The zero-order chi connectivity index (χ0) is 11.4. The first-order valence-electron chi connectivity index (χ1n) is 4.78. The van der Waals surface area contributed by atoms with Crippen LogP contribution in [0.25, 0.3) is 0 Å². The molecule has 3 nitrogen and oxygen atoms in total. The summed E-state index contributed by atoms with van der Waals surface area (Å²) in [7, 11) is 0. The average Bonchev–Trinajstić information content (AvgIpc) is 2.22. The Hall–Kier alpha value is -1.82. The van der Waals surface area contributed by atoms with Gasteiger partial charge in [-0.3, -0.25) is 0 Å². The number of carbonyl (C=O) groups excluding carboxylic acids is 1. The molecule has 1 rings (SSSR count). The molecule has 1 aromatic carbocycles. The highest BCUT2D eigenvalue weighted by Crippen LogP contribution is 2.16. The van der Waals surface area contributed by atoms with Gasteiger partial charge in [-0.1, -0.05) is 0 Å². The lowest BCUT2D eigenvalue weighted by molar-refractivity contribution is 0.0525. The second-order valence-electron chi connectivity index (χ2n) is 3.30. The van der Waals surface area contributed by atoms with E-state index in [1.165, 1.54) is 0 Å². The smallest absolute Gasteiger partial charge is 0.338 e. The number of benzene rings is 1. The lowest BCUT2D eigenvalue weighted by Gasteiger charge is -2.08. The molecule has 0 aliphatic heterocycles. The van der Waals surface area contributed by atoms with Crippen molar-refractivity contribution in [2.45, 2.75) is 20.8 Å². The van der Waals surface area contributed by atoms with Gasteiger partial charge in [-0.2, -0.15) is 5.26 Å². The van der Waals surface area contributed by atoms with Crippen LogP contribution in [0.2, 0.25) is 0 Å². The first-order chi connectivity index (χ1) is 7.10. The molecule has 0 atom stereocenters. The van der Waals surface area contributed by atoms with Gasteiger partial charge in [0, 0.05) is 0 Å². The molecule has 0 N–H and O–H groups in total. The van der Waals surface area contributed by atoms with Gasteiger partial charge in [0.05, 0.1) is 23.8 Å². The summed E-state index contributed by atoms with van der Waals surface area (Å²) in [6, 6.07) is 5.36. The van der Waals surface area contributed by atoms with E-state index in [0.29, 0.717) is 17.7 Å². The highest BCUT2D eigenvalue weighted by Gasteiger charge is 2.12. The first kappa shape index (κ1) is 11.3. The molecule has 78 valence electrons. The Morgan fingerprint density at radius 1 is 1.47 bits per heavy atom. The molecule has 0 aromatic heterocycles. The quantitative estimate of drug-likeness (QED) is 0.693. The summed E-state index contributed by atoms with van der Waals surface area (Å²) in [5.41, 5.74) is 2.76. The Morgan fingerprint density at radius 3 is 2.67 bits per heavy atom. The number of rotatable bonds is 2. The maximum Gasteiger partial charge on any atom is 0.338 e. The molecule has 0 bridgehead atoms. The molecule has 0 amide bonds. The summed E-state index contributed by atoms with van der Waals surface area (Å²) in [6.07, 6.45) is 0. The zero-order valence-electron chi connectivity index (χ0n) is 9.13. The van der Waals surface area contributed by atoms with Crippen LogP contribution < -0.4 is 0 Å². The van der Waals surface area contributed by atoms with Crippen molar-refractivity contribution in [1.82, 2.24) is 0 Å². The maximum atomic E-state index is 11.6. The monoisotopic (exact) mass is 203 g/mol. The van der Waals surface area contributed by atoms with Crippen molar-refractivity contribution in [3.8, 4) is 6.07 Å². The molecule has 0 radical (unpaired) electrons. The number of nitriles is 1. The number of ether oxygens (including phenoxy) is 1. The van der Waals surface area contributed by atoms with Gasteiger partial charge in [-0.15, -0.1) is 0 Å². The predicted octanol–water partition coefficient (Wildman–Crippen LogP) is 2.35. The van der Waals surface area contributed by atoms with E-state index in [1.54, 1.807) is 19.1 Å². The Balaban J connectivity index is 3.23. The highest BCUT2D eigenvalue weighted by molar-refractivity contribution is 5.91. The van der Waals surface area contributed by atoms with Crippen LogP contribution in [0.15, 0.2) is 12.1 Å². The van der Waals surface area contributed by atoms with Crippen LogP contribution in [0.5, 0.6) is 0 Å². The molecule has 0 fully saturated rings. The molecule has 15 heavy (non-hydrogen) atoms. The van der Waals surface area contributed by atoms with E-state index in [4.69, 9.17) is 10.00 Å². The molecule has 3 heteroatoms. The highest BCUT2D eigenvalue weighted by atomic mass is 16.5. The van der Waals surface area contributed by atoms with E-state index < -0.39 is 0 Å². The lowest BCUT2D eigenvalue weighted by Crippen LogP contribution is -2.08. The van der Waals surface area contributed by atoms with Crippen LogP contribution in [0.4, 0.5) is 0 Å². The number of aryl methyl sites for hydroxylation is 1. The summed E-state index contributed by atoms with van der Waals surface area (Å²) >= 11 is 0. The van der Waals surface area contributed by atoms with Crippen LogP contribution in [0.3, 0.4) is 0 Å². The van der Waals surface area contributed by atoms with Crippen molar-refractivity contribution < 1.29 is 9.53 Å². The standard InChI is InChI=1S/C12H13NO2/c1-4-15-12(14)11-6-10(7-13)5-8(2)9(11)3/h5-6H,4H2,1-3H3. The topological polar surface area (TPSA) is 50.1 Å². The SMILES string of the molecule is CCOC(=O)c1cc(C#N)cc(C)c1C. The summed E-state index contributed by atoms with van der Waals surface area (Å²) < 4.78 is 4.91. The van der Waals surface area contributed by atoms with Gasteiger partial charge in [0.15, 0.2) is 0 Å². The second kappa shape index (κ2) is 4.61. The summed E-state index contributed by atoms with van der Waals surface area (Å²) in [5.74, 6) is -0.366. The van der Waals surface area contributed by atoms with Gasteiger partial charge in [-0.25, -0.2) is 4.79 Å². The fourth-order valence-electron chi connectivity index (χ4n) is 1.34. The van der Waals surface area contributed by atoms with E-state index in [1.807, 2.05) is 19.9 Å². The molecule has 0 saturated heterocycles. The van der Waals surface area contributed by atoms with Crippen LogP contribution in [-0.4, -0.2) is 12.6 Å². The van der Waals surface area contributed by atoms with Gasteiger partial charge >= 0.3 is 5.97 Å². The van der Waals surface area contributed by atoms with Crippen molar-refractivity contribution in [2.24, 2.45) is 0 Å². The largest absolute Gasteiger partial charge is 0.462 e. The fraction of sp³-hybridized carbons (Fsp3) is 0.333. The number of hydrogen-bond donors (Lipinski definition) is 0. The average molecular weight is 203 g/mol. The Labute approximate surface area is 89.3 Å². The Morgan fingerprint density at radius 2 is 2.13 bits per heavy atom. The van der Waals surface area contributed by atoms with Crippen molar-refractivity contribution in [2.75, 3.05) is 6.61 Å². The lowest BCUT2D eigenvalue weighted by atomic mass is 10.0. The zero-order valence-corrected chi connectivity index (χ0v) is 9.13. The van der Waals surface area contributed by atoms with E-state index in [-0.39, 0.29) is 5.97 Å². The molecule has 0 aliphatic carbocycles. The van der Waals surface area contributed by atoms with Gasteiger partial charge in [0.2, 0.25) is 0 Å². The minimum absolute atomic E-state index is 0.341. The summed E-state index contributed by atoms with van der Waals surface area (Å²) in [6.45, 7) is 5.82. The molecular formula is C12H13NO2. The van der Waals surface area contributed by atoms with Crippen LogP contribution in [0, 0.1) is 25.2 Å². The molecule has 0 spiro atoms. The molecule has 0 unspecified atom stereocenters. The Bertz CT molecular complexity index is 430. The minimum Gasteiger partial charge on any atom is -0.462 e. The number of hydrogen-bond acceptors (Lipinski definition) is 3. The van der Waals surface area contributed by atoms with Crippen molar-refractivity contribution in [3.63, 3.8) is 0 Å². The molecule has 0 heterocycles. The summed E-state index contributed by atoms with van der Waals surface area (Å²) in [5, 5.41) is 8.79. The van der Waals surface area contributed by atoms with E-state index in [0.717, 1.165) is 11.1 Å². The van der Waals surface area contributed by atoms with Crippen molar-refractivity contribution in [3.05, 3.63) is 34.4 Å². The van der Waals surface area contributed by atoms with E-state index in [9.17, 15) is 4.79 Å². The van der Waals surface area contributed by atoms with Gasteiger partial charge < -0.3 is 4.74 Å². The van der Waals surface area contributed by atoms with Crippen LogP contribution in [0.1, 0.15) is 34.0 Å². The number of esters is 1. The third kappa shape index (κ3) is 2.35. The molecule has 0 saturated carbocycles. The third-order valence-corrected chi connectivity index (χ3v) is 2.29.